The first-order chi connectivity index (χ1) is 13.8. The molecule has 0 saturated heterocycles. The molecule has 0 fully saturated rings. The first-order valence-electron chi connectivity index (χ1n) is 8.73. The number of benzene rings is 2. The molecule has 0 bridgehead atoms. The Kier molecular flexibility index (Phi) is 6.30. The van der Waals surface area contributed by atoms with Gasteiger partial charge in [0.05, 0.1) is 15.5 Å². The van der Waals surface area contributed by atoms with Crippen molar-refractivity contribution in [2.45, 2.75) is 17.1 Å². The van der Waals surface area contributed by atoms with Crippen LogP contribution in [-0.4, -0.2) is 25.9 Å². The zero-order valence-electron chi connectivity index (χ0n) is 15.5. The number of nitrogens with zero attached hydrogens (tertiary/aromatic N) is 1. The molecular weight excluding hydrogens is 415 g/mol. The summed E-state index contributed by atoms with van der Waals surface area (Å²) >= 11 is 5.93. The molecule has 5 nitrogen and oxygen atoms in total. The number of aromatic nitrogens is 1. The Bertz CT molecular complexity index is 1100. The number of carbonyl (C=O) groups excluding carboxylic acids is 1. The Morgan fingerprint density at radius 1 is 1.14 bits per heavy atom. The van der Waals surface area contributed by atoms with E-state index in [-0.39, 0.29) is 22.0 Å². The molecule has 0 radical (unpaired) electrons. The van der Waals surface area contributed by atoms with E-state index in [1.165, 1.54) is 36.7 Å². The number of aryl methyl sites for hydroxylation is 1. The minimum atomic E-state index is -3.85. The Hall–Kier alpha value is -2.77. The van der Waals surface area contributed by atoms with E-state index in [1.54, 1.807) is 24.3 Å². The van der Waals surface area contributed by atoms with Gasteiger partial charge in [0.1, 0.15) is 11.1 Å². The fourth-order valence-electron chi connectivity index (χ4n) is 2.85. The van der Waals surface area contributed by atoms with Gasteiger partial charge < -0.3 is 5.32 Å². The summed E-state index contributed by atoms with van der Waals surface area (Å²) in [5, 5.41) is 1.34. The van der Waals surface area contributed by atoms with Gasteiger partial charge in [0, 0.05) is 18.9 Å². The van der Waals surface area contributed by atoms with E-state index in [1.807, 2.05) is 6.92 Å². The molecule has 8 heteroatoms. The molecule has 1 amide bonds. The third-order valence-corrected chi connectivity index (χ3v) is 6.85. The van der Waals surface area contributed by atoms with Crippen molar-refractivity contribution >= 4 is 27.3 Å². The summed E-state index contributed by atoms with van der Waals surface area (Å²) in [4.78, 5) is 16.6. The van der Waals surface area contributed by atoms with Gasteiger partial charge >= 0.3 is 0 Å². The number of nitrogens with one attached hydrogen (secondary N) is 1. The summed E-state index contributed by atoms with van der Waals surface area (Å²) < 4.78 is 40.5. The average molecular weight is 433 g/mol. The van der Waals surface area contributed by atoms with Crippen LogP contribution in [0.2, 0.25) is 5.02 Å². The highest BCUT2D eigenvalue weighted by atomic mass is 35.5. The molecule has 29 heavy (non-hydrogen) atoms. The maximum absolute atomic E-state index is 14.0. The second kappa shape index (κ2) is 8.71. The van der Waals surface area contributed by atoms with Crippen LogP contribution in [0.15, 0.2) is 71.9 Å². The fraction of sp³-hybridized carbons (Fsp3) is 0.143. The highest BCUT2D eigenvalue weighted by Gasteiger charge is 2.30. The fourth-order valence-corrected chi connectivity index (χ4v) is 4.75. The zero-order chi connectivity index (χ0) is 21.0. The molecule has 0 spiro atoms. The number of hydrogen-bond donors (Lipinski definition) is 1. The molecule has 1 aromatic heterocycles. The zero-order valence-corrected chi connectivity index (χ0v) is 17.0. The van der Waals surface area contributed by atoms with Crippen molar-refractivity contribution in [3.05, 3.63) is 94.5 Å². The van der Waals surface area contributed by atoms with Crippen LogP contribution in [0, 0.1) is 12.7 Å². The van der Waals surface area contributed by atoms with Crippen molar-refractivity contribution in [2.24, 2.45) is 0 Å². The molecule has 1 heterocycles. The minimum Gasteiger partial charge on any atom is -0.350 e. The van der Waals surface area contributed by atoms with Gasteiger partial charge in [-0.15, -0.1) is 0 Å². The lowest BCUT2D eigenvalue weighted by atomic mass is 10.1. The second-order valence-electron chi connectivity index (χ2n) is 6.44. The standard InChI is InChI=1S/C21H18ClFN2O3S/c1-14-7-9-16(10-8-14)29(27,28)19(15-4-3-11-24-12-15)13-25-21(26)20-17(22)5-2-6-18(20)23/h2-12,19H,13H2,1H3,(H,25,26). The van der Waals surface area contributed by atoms with Gasteiger partial charge in [0.15, 0.2) is 9.84 Å². The summed E-state index contributed by atoms with van der Waals surface area (Å²) in [5.41, 5.74) is 1.00. The lowest BCUT2D eigenvalue weighted by molar-refractivity contribution is 0.0950. The van der Waals surface area contributed by atoms with Crippen LogP contribution in [0.25, 0.3) is 0 Å². The van der Waals surface area contributed by atoms with Crippen molar-refractivity contribution in [1.29, 1.82) is 0 Å². The molecule has 2 aromatic carbocycles. The molecule has 0 aliphatic heterocycles. The normalized spacial score (nSPS) is 12.4. The molecule has 1 N–H and O–H groups in total. The minimum absolute atomic E-state index is 0.0539. The predicted octanol–water partition coefficient (Wildman–Crippen LogP) is 4.13. The molecular formula is C21H18ClFN2O3S. The van der Waals surface area contributed by atoms with Crippen molar-refractivity contribution in [3.8, 4) is 0 Å². The summed E-state index contributed by atoms with van der Waals surface area (Å²) in [6.07, 6.45) is 2.95. The Labute approximate surface area is 173 Å². The van der Waals surface area contributed by atoms with Gasteiger partial charge in [-0.05, 0) is 42.8 Å². The van der Waals surface area contributed by atoms with Crippen molar-refractivity contribution in [2.75, 3.05) is 6.54 Å². The Morgan fingerprint density at radius 2 is 1.86 bits per heavy atom. The van der Waals surface area contributed by atoms with Crippen LogP contribution in [0.4, 0.5) is 4.39 Å². The van der Waals surface area contributed by atoms with Gasteiger partial charge in [0.25, 0.3) is 5.91 Å². The SMILES string of the molecule is Cc1ccc(S(=O)(=O)C(CNC(=O)c2c(F)cccc2Cl)c2cccnc2)cc1. The van der Waals surface area contributed by atoms with E-state index in [2.05, 4.69) is 10.3 Å². The van der Waals surface area contributed by atoms with Gasteiger partial charge in [-0.3, -0.25) is 9.78 Å². The van der Waals surface area contributed by atoms with Gasteiger partial charge in [0.2, 0.25) is 0 Å². The van der Waals surface area contributed by atoms with Crippen molar-refractivity contribution < 1.29 is 17.6 Å². The Balaban J connectivity index is 1.93. The number of hydrogen-bond acceptors (Lipinski definition) is 4. The first kappa shape index (κ1) is 21.0. The van der Waals surface area contributed by atoms with Crippen LogP contribution < -0.4 is 5.32 Å². The lowest BCUT2D eigenvalue weighted by Gasteiger charge is -2.19. The molecule has 0 aliphatic carbocycles. The van der Waals surface area contributed by atoms with Crippen molar-refractivity contribution in [3.63, 3.8) is 0 Å². The number of amides is 1. The van der Waals surface area contributed by atoms with E-state index in [9.17, 15) is 17.6 Å². The van der Waals surface area contributed by atoms with Crippen LogP contribution in [0.5, 0.6) is 0 Å². The number of rotatable bonds is 6. The molecule has 3 rings (SSSR count). The van der Waals surface area contributed by atoms with E-state index in [0.29, 0.717) is 5.56 Å². The average Bonchev–Trinajstić information content (AvgIpc) is 2.69. The van der Waals surface area contributed by atoms with Gasteiger partial charge in [-0.2, -0.15) is 0 Å². The number of carbonyl (C=O) groups is 1. The van der Waals surface area contributed by atoms with Gasteiger partial charge in [-0.25, -0.2) is 12.8 Å². The highest BCUT2D eigenvalue weighted by Crippen LogP contribution is 2.28. The molecule has 1 unspecified atom stereocenters. The highest BCUT2D eigenvalue weighted by molar-refractivity contribution is 7.91. The number of pyridine rings is 1. The van der Waals surface area contributed by atoms with E-state index in [4.69, 9.17) is 11.6 Å². The topological polar surface area (TPSA) is 76.1 Å². The molecule has 1 atom stereocenters. The summed E-state index contributed by atoms with van der Waals surface area (Å²) in [5.74, 6) is -1.57. The van der Waals surface area contributed by atoms with Crippen LogP contribution in [-0.2, 0) is 9.84 Å². The van der Waals surface area contributed by atoms with Crippen LogP contribution >= 0.6 is 11.6 Å². The maximum Gasteiger partial charge on any atom is 0.255 e. The van der Waals surface area contributed by atoms with E-state index < -0.39 is 26.8 Å². The number of halogens is 2. The third kappa shape index (κ3) is 4.63. The Morgan fingerprint density at radius 3 is 2.48 bits per heavy atom. The molecule has 0 saturated carbocycles. The van der Waals surface area contributed by atoms with E-state index in [0.717, 1.165) is 11.6 Å². The van der Waals surface area contributed by atoms with E-state index >= 15 is 0 Å². The second-order valence-corrected chi connectivity index (χ2v) is 8.98. The smallest absolute Gasteiger partial charge is 0.255 e. The summed E-state index contributed by atoms with van der Waals surface area (Å²) in [6, 6.07) is 13.6. The van der Waals surface area contributed by atoms with Crippen LogP contribution in [0.1, 0.15) is 26.7 Å². The third-order valence-electron chi connectivity index (χ3n) is 4.42. The first-order valence-corrected chi connectivity index (χ1v) is 10.7. The molecule has 0 aliphatic rings. The predicted molar refractivity (Wildman–Crippen MR) is 109 cm³/mol. The lowest BCUT2D eigenvalue weighted by Crippen LogP contribution is -2.32. The quantitative estimate of drug-likeness (QED) is 0.635. The largest absolute Gasteiger partial charge is 0.350 e. The summed E-state index contributed by atoms with van der Waals surface area (Å²) in [6.45, 7) is 1.58. The van der Waals surface area contributed by atoms with Crippen LogP contribution in [0.3, 0.4) is 0 Å². The summed E-state index contributed by atoms with van der Waals surface area (Å²) in [7, 11) is -3.85. The monoisotopic (exact) mass is 432 g/mol. The molecule has 150 valence electrons. The molecule has 3 aromatic rings. The van der Waals surface area contributed by atoms with Crippen molar-refractivity contribution in [1.82, 2.24) is 10.3 Å². The maximum atomic E-state index is 14.0. The van der Waals surface area contributed by atoms with Gasteiger partial charge in [-0.1, -0.05) is 41.4 Å². The number of sulfone groups is 1.